The van der Waals surface area contributed by atoms with Gasteiger partial charge in [0, 0.05) is 0 Å². The largest absolute Gasteiger partial charge is 0.479 e. The van der Waals surface area contributed by atoms with E-state index in [1.165, 1.54) is 0 Å². The molecule has 0 unspecified atom stereocenters. The van der Waals surface area contributed by atoms with Crippen LogP contribution in [0.4, 0.5) is 0 Å². The van der Waals surface area contributed by atoms with Crippen molar-refractivity contribution in [2.45, 2.75) is 67.5 Å². The Morgan fingerprint density at radius 3 is 1.83 bits per heavy atom. The van der Waals surface area contributed by atoms with Gasteiger partial charge in [0.15, 0.2) is 18.7 Å². The van der Waals surface area contributed by atoms with Crippen molar-refractivity contribution < 1.29 is 69.7 Å². The molecule has 0 aromatic heterocycles. The van der Waals surface area contributed by atoms with E-state index in [4.69, 9.17) is 34.3 Å². The van der Waals surface area contributed by atoms with Crippen LogP contribution in [0.25, 0.3) is 0 Å². The monoisotopic (exact) mass is 430 g/mol. The highest BCUT2D eigenvalue weighted by atomic mass is 16.7. The second-order valence-electron chi connectivity index (χ2n) is 6.69. The van der Waals surface area contributed by atoms with Crippen molar-refractivity contribution in [3.63, 3.8) is 0 Å². The van der Waals surface area contributed by atoms with Crippen molar-refractivity contribution in [2.75, 3.05) is 19.8 Å². The van der Waals surface area contributed by atoms with E-state index in [0.29, 0.717) is 0 Å². The average Bonchev–Trinajstić information content (AvgIpc) is 2.70. The van der Waals surface area contributed by atoms with Gasteiger partial charge in [-0.2, -0.15) is 0 Å². The van der Waals surface area contributed by atoms with Crippen LogP contribution in [0.3, 0.4) is 0 Å². The fourth-order valence-corrected chi connectivity index (χ4v) is 2.90. The van der Waals surface area contributed by atoms with E-state index in [2.05, 4.69) is 0 Å². The zero-order valence-electron chi connectivity index (χ0n) is 15.0. The van der Waals surface area contributed by atoms with Crippen LogP contribution in [-0.4, -0.2) is 139 Å². The lowest BCUT2D eigenvalue weighted by molar-refractivity contribution is -0.335. The maximum Gasteiger partial charge on any atom is 0.335 e. The summed E-state index contributed by atoms with van der Waals surface area (Å²) in [5.41, 5.74) is 0. The van der Waals surface area contributed by atoms with Crippen LogP contribution in [0.2, 0.25) is 0 Å². The summed E-state index contributed by atoms with van der Waals surface area (Å²) >= 11 is 0. The lowest BCUT2D eigenvalue weighted by atomic mass is 9.98. The molecule has 2 saturated heterocycles. The zero-order chi connectivity index (χ0) is 21.9. The minimum absolute atomic E-state index is 0.593. The zero-order valence-corrected chi connectivity index (χ0v) is 15.0. The molecule has 0 radical (unpaired) electrons. The smallest absolute Gasteiger partial charge is 0.335 e. The first kappa shape index (κ1) is 24.3. The van der Waals surface area contributed by atoms with E-state index in [0.717, 1.165) is 0 Å². The summed E-state index contributed by atoms with van der Waals surface area (Å²) in [6.45, 7) is -2.23. The number of ether oxygens (including phenoxy) is 4. The van der Waals surface area contributed by atoms with Crippen LogP contribution >= 0.6 is 0 Å². The fourth-order valence-electron chi connectivity index (χ4n) is 2.90. The summed E-state index contributed by atoms with van der Waals surface area (Å²) in [5.74, 6) is -1.56. The first-order valence-electron chi connectivity index (χ1n) is 8.73. The van der Waals surface area contributed by atoms with E-state index in [1.807, 2.05) is 0 Å². The van der Waals surface area contributed by atoms with E-state index in [9.17, 15) is 35.4 Å². The molecule has 2 fully saturated rings. The second kappa shape index (κ2) is 10.3. The molecule has 14 heteroatoms. The van der Waals surface area contributed by atoms with Gasteiger partial charge in [-0.3, -0.25) is 0 Å². The van der Waals surface area contributed by atoms with Gasteiger partial charge < -0.3 is 64.9 Å². The van der Waals surface area contributed by atoms with Crippen LogP contribution in [0.1, 0.15) is 0 Å². The molecule has 0 saturated carbocycles. The molecular formula is C15H26O14. The van der Waals surface area contributed by atoms with Gasteiger partial charge in [0.05, 0.1) is 19.8 Å². The molecule has 0 amide bonds. The highest BCUT2D eigenvalue weighted by molar-refractivity contribution is 5.72. The van der Waals surface area contributed by atoms with Gasteiger partial charge in [-0.1, -0.05) is 0 Å². The van der Waals surface area contributed by atoms with Crippen LogP contribution in [0.5, 0.6) is 0 Å². The Kier molecular flexibility index (Phi) is 8.65. The summed E-state index contributed by atoms with van der Waals surface area (Å²) in [5, 5.41) is 86.3. The average molecular weight is 430 g/mol. The standard InChI is InChI=1S/C15H26O14/c16-1-4-7(18)9(20)11(22)14(27-4)26-3-6-8(19)10(21)12(23)15(29-6)28-5(2-17)13(24)25/h4-12,14-23H,1-3H2,(H,24,25)/t4-,5-,6-,7-,8-,9+,10+,11-,12-,14+,15+/m1/s1. The predicted octanol–water partition coefficient (Wildman–Crippen LogP) is -5.93. The summed E-state index contributed by atoms with van der Waals surface area (Å²) in [7, 11) is 0. The van der Waals surface area contributed by atoms with E-state index in [1.54, 1.807) is 0 Å². The van der Waals surface area contributed by atoms with Gasteiger partial charge in [0.1, 0.15) is 48.8 Å². The molecule has 2 rings (SSSR count). The molecule has 2 aliphatic rings. The number of carbonyl (C=O) groups is 1. The molecular weight excluding hydrogens is 404 g/mol. The molecule has 0 aliphatic carbocycles. The molecule has 14 nitrogen and oxygen atoms in total. The quantitative estimate of drug-likeness (QED) is 0.174. The minimum atomic E-state index is -1.85. The van der Waals surface area contributed by atoms with Crippen molar-refractivity contribution in [3.05, 3.63) is 0 Å². The summed E-state index contributed by atoms with van der Waals surface area (Å²) in [6, 6.07) is 0. The predicted molar refractivity (Wildman–Crippen MR) is 86.0 cm³/mol. The van der Waals surface area contributed by atoms with Gasteiger partial charge in [0.25, 0.3) is 0 Å². The highest BCUT2D eigenvalue weighted by Crippen LogP contribution is 2.26. The van der Waals surface area contributed by atoms with Crippen LogP contribution < -0.4 is 0 Å². The van der Waals surface area contributed by atoms with Crippen molar-refractivity contribution in [1.29, 1.82) is 0 Å². The third-order valence-corrected chi connectivity index (χ3v) is 4.68. The van der Waals surface area contributed by atoms with Crippen LogP contribution in [0, 0.1) is 0 Å². The molecule has 2 heterocycles. The Morgan fingerprint density at radius 1 is 0.793 bits per heavy atom. The van der Waals surface area contributed by atoms with Crippen molar-refractivity contribution in [1.82, 2.24) is 0 Å². The Hall–Kier alpha value is -1.01. The minimum Gasteiger partial charge on any atom is -0.479 e. The SMILES string of the molecule is O=C(O)[C@@H](CO)O[C@H]1O[C@H](CO[C@H]2O[C@H](CO)[C@@H](O)[C@H](O)[C@H]2O)[C@@H](O)[C@H](O)[C@H]1O. The molecule has 11 atom stereocenters. The Bertz CT molecular complexity index is 531. The number of hydrogen-bond donors (Lipinski definition) is 9. The molecule has 0 spiro atoms. The van der Waals surface area contributed by atoms with E-state index < -0.39 is 93.3 Å². The maximum absolute atomic E-state index is 11.0. The molecule has 0 aromatic carbocycles. The van der Waals surface area contributed by atoms with E-state index >= 15 is 0 Å². The number of aliphatic carboxylic acids is 1. The summed E-state index contributed by atoms with van der Waals surface area (Å²) < 4.78 is 20.5. The van der Waals surface area contributed by atoms with Gasteiger partial charge in [-0.05, 0) is 0 Å². The molecule has 29 heavy (non-hydrogen) atoms. The van der Waals surface area contributed by atoms with Crippen molar-refractivity contribution >= 4 is 5.97 Å². The van der Waals surface area contributed by atoms with Crippen LogP contribution in [0.15, 0.2) is 0 Å². The number of rotatable bonds is 8. The molecule has 2 aliphatic heterocycles. The first-order valence-corrected chi connectivity index (χ1v) is 8.73. The van der Waals surface area contributed by atoms with Gasteiger partial charge in [-0.25, -0.2) is 4.79 Å². The molecule has 9 N–H and O–H groups in total. The molecule has 0 bridgehead atoms. The normalized spacial score (nSPS) is 44.4. The number of aliphatic hydroxyl groups excluding tert-OH is 8. The Balaban J connectivity index is 2.02. The third-order valence-electron chi connectivity index (χ3n) is 4.68. The van der Waals surface area contributed by atoms with Crippen molar-refractivity contribution in [3.8, 4) is 0 Å². The summed E-state index contributed by atoms with van der Waals surface area (Å²) in [6.07, 6.45) is -18.1. The topological polar surface area (TPSA) is 236 Å². The lowest BCUT2D eigenvalue weighted by Gasteiger charge is -2.43. The Labute approximate surface area is 164 Å². The van der Waals surface area contributed by atoms with Crippen molar-refractivity contribution in [2.24, 2.45) is 0 Å². The number of aliphatic hydroxyl groups is 8. The molecule has 0 aromatic rings. The van der Waals surface area contributed by atoms with Gasteiger partial charge in [0.2, 0.25) is 0 Å². The highest BCUT2D eigenvalue weighted by Gasteiger charge is 2.48. The number of hydrogen-bond acceptors (Lipinski definition) is 13. The third kappa shape index (κ3) is 5.38. The first-order chi connectivity index (χ1) is 13.6. The number of carboxylic acid groups (broad SMARTS) is 1. The van der Waals surface area contributed by atoms with Gasteiger partial charge in [-0.15, -0.1) is 0 Å². The second-order valence-corrected chi connectivity index (χ2v) is 6.69. The Morgan fingerprint density at radius 2 is 1.31 bits per heavy atom. The maximum atomic E-state index is 11.0. The summed E-state index contributed by atoms with van der Waals surface area (Å²) in [4.78, 5) is 11.0. The van der Waals surface area contributed by atoms with E-state index in [-0.39, 0.29) is 0 Å². The fraction of sp³-hybridized carbons (Fsp3) is 0.933. The lowest BCUT2D eigenvalue weighted by Crippen LogP contribution is -2.62. The van der Waals surface area contributed by atoms with Gasteiger partial charge >= 0.3 is 5.97 Å². The van der Waals surface area contributed by atoms with Crippen LogP contribution in [-0.2, 0) is 23.7 Å². The number of carboxylic acids is 1. The molecule has 170 valence electrons.